The molecule has 0 saturated carbocycles. The number of rotatable bonds is 5. The van der Waals surface area contributed by atoms with Gasteiger partial charge < -0.3 is 25.4 Å². The van der Waals surface area contributed by atoms with Gasteiger partial charge in [-0.25, -0.2) is 0 Å². The molecule has 10 nitrogen and oxygen atoms in total. The SMILES string of the molecule is CC(=O)N1CCN(c2ccc(Nc3nc(Nc4ccc5cn[nH]c5c4)c4cc[nH]c4n3)cc2)CC1. The molecule has 0 radical (unpaired) electrons. The van der Waals surface area contributed by atoms with Crippen LogP contribution in [0.15, 0.2) is 60.9 Å². The van der Waals surface area contributed by atoms with Crippen molar-refractivity contribution in [3.8, 4) is 0 Å². The van der Waals surface area contributed by atoms with Crippen LogP contribution in [0.4, 0.5) is 28.8 Å². The molecule has 4 N–H and O–H groups in total. The maximum atomic E-state index is 11.6. The normalized spacial score (nSPS) is 14.0. The molecule has 35 heavy (non-hydrogen) atoms. The minimum Gasteiger partial charge on any atom is -0.368 e. The van der Waals surface area contributed by atoms with Gasteiger partial charge in [0.05, 0.1) is 17.1 Å². The molecule has 0 unspecified atom stereocenters. The number of fused-ring (bicyclic) bond motifs is 2. The van der Waals surface area contributed by atoms with E-state index in [0.717, 1.165) is 65.2 Å². The predicted octanol–water partition coefficient (Wildman–Crippen LogP) is 3.99. The fourth-order valence-electron chi connectivity index (χ4n) is 4.41. The van der Waals surface area contributed by atoms with Crippen molar-refractivity contribution in [3.05, 3.63) is 60.9 Å². The van der Waals surface area contributed by atoms with E-state index in [2.05, 4.69) is 47.8 Å². The summed E-state index contributed by atoms with van der Waals surface area (Å²) in [5.74, 6) is 1.34. The fourth-order valence-corrected chi connectivity index (χ4v) is 4.41. The van der Waals surface area contributed by atoms with Gasteiger partial charge in [0.2, 0.25) is 11.9 Å². The van der Waals surface area contributed by atoms with Crippen LogP contribution in [-0.4, -0.2) is 62.1 Å². The second kappa shape index (κ2) is 8.64. The first-order chi connectivity index (χ1) is 17.1. The molecule has 3 aromatic heterocycles. The molecule has 6 rings (SSSR count). The Hall–Kier alpha value is -4.60. The first-order valence-corrected chi connectivity index (χ1v) is 11.6. The summed E-state index contributed by atoms with van der Waals surface area (Å²) in [6.07, 6.45) is 3.65. The summed E-state index contributed by atoms with van der Waals surface area (Å²) in [6, 6.07) is 16.2. The number of carbonyl (C=O) groups excluding carboxylic acids is 1. The van der Waals surface area contributed by atoms with Crippen LogP contribution >= 0.6 is 0 Å². The Bertz CT molecular complexity index is 1500. The van der Waals surface area contributed by atoms with E-state index >= 15 is 0 Å². The smallest absolute Gasteiger partial charge is 0.231 e. The lowest BCUT2D eigenvalue weighted by atomic mass is 10.2. The zero-order valence-corrected chi connectivity index (χ0v) is 19.2. The molecule has 2 aromatic carbocycles. The van der Waals surface area contributed by atoms with Crippen molar-refractivity contribution >= 4 is 56.7 Å². The summed E-state index contributed by atoms with van der Waals surface area (Å²) in [5, 5.41) is 15.8. The van der Waals surface area contributed by atoms with E-state index in [1.807, 2.05) is 47.5 Å². The van der Waals surface area contributed by atoms with Crippen LogP contribution in [0, 0.1) is 0 Å². The monoisotopic (exact) mass is 467 g/mol. The number of nitrogens with zero attached hydrogens (tertiary/aromatic N) is 5. The van der Waals surface area contributed by atoms with Gasteiger partial charge in [-0.2, -0.15) is 15.1 Å². The summed E-state index contributed by atoms with van der Waals surface area (Å²) in [7, 11) is 0. The minimum atomic E-state index is 0.138. The first-order valence-electron chi connectivity index (χ1n) is 11.6. The van der Waals surface area contributed by atoms with Crippen molar-refractivity contribution in [2.75, 3.05) is 41.7 Å². The Balaban J connectivity index is 1.20. The van der Waals surface area contributed by atoms with Crippen LogP contribution in [0.3, 0.4) is 0 Å². The number of hydrogen-bond donors (Lipinski definition) is 4. The Labute approximate surface area is 201 Å². The van der Waals surface area contributed by atoms with E-state index in [0.29, 0.717) is 11.8 Å². The highest BCUT2D eigenvalue weighted by Gasteiger charge is 2.18. The number of benzene rings is 2. The third-order valence-electron chi connectivity index (χ3n) is 6.33. The summed E-state index contributed by atoms with van der Waals surface area (Å²) in [6.45, 7) is 4.79. The maximum Gasteiger partial charge on any atom is 0.231 e. The van der Waals surface area contributed by atoms with Crippen LogP contribution in [0.2, 0.25) is 0 Å². The summed E-state index contributed by atoms with van der Waals surface area (Å²) in [4.78, 5) is 28.3. The van der Waals surface area contributed by atoms with Crippen molar-refractivity contribution in [2.45, 2.75) is 6.92 Å². The van der Waals surface area contributed by atoms with Crippen LogP contribution in [0.5, 0.6) is 0 Å². The highest BCUT2D eigenvalue weighted by atomic mass is 16.2. The fraction of sp³-hybridized carbons (Fsp3) is 0.200. The molecule has 4 heterocycles. The Morgan fingerprint density at radius 2 is 1.74 bits per heavy atom. The number of aromatic nitrogens is 5. The molecular weight excluding hydrogens is 442 g/mol. The number of piperazine rings is 1. The van der Waals surface area contributed by atoms with Gasteiger partial charge in [0.1, 0.15) is 11.5 Å². The molecule has 1 aliphatic heterocycles. The van der Waals surface area contributed by atoms with Crippen LogP contribution in [-0.2, 0) is 4.79 Å². The predicted molar refractivity (Wildman–Crippen MR) is 137 cm³/mol. The van der Waals surface area contributed by atoms with Crippen LogP contribution in [0.25, 0.3) is 21.9 Å². The van der Waals surface area contributed by atoms with Gasteiger partial charge in [-0.15, -0.1) is 0 Å². The summed E-state index contributed by atoms with van der Waals surface area (Å²) in [5.41, 5.74) is 4.63. The summed E-state index contributed by atoms with van der Waals surface area (Å²) >= 11 is 0. The largest absolute Gasteiger partial charge is 0.368 e. The molecule has 176 valence electrons. The Morgan fingerprint density at radius 3 is 2.54 bits per heavy atom. The van der Waals surface area contributed by atoms with E-state index in [1.54, 1.807) is 13.1 Å². The molecule has 0 aliphatic carbocycles. The van der Waals surface area contributed by atoms with Gasteiger partial charge in [-0.3, -0.25) is 9.89 Å². The molecular formula is C25H25N9O. The van der Waals surface area contributed by atoms with E-state index in [-0.39, 0.29) is 5.91 Å². The molecule has 1 aliphatic rings. The standard InChI is InChI=1S/C25H25N9O/c1-16(35)33-10-12-34(13-11-33)20-6-4-18(5-7-20)29-25-30-23-21(8-9-26-23)24(31-25)28-19-3-2-17-15-27-32-22(17)14-19/h2-9,14-15H,10-13H2,1H3,(H,27,32)(H3,26,28,29,30,31). The average Bonchev–Trinajstić information content (AvgIpc) is 3.54. The van der Waals surface area contributed by atoms with Gasteiger partial charge in [0.25, 0.3) is 0 Å². The molecule has 1 saturated heterocycles. The number of H-pyrrole nitrogens is 2. The number of nitrogens with one attached hydrogen (secondary N) is 4. The zero-order valence-electron chi connectivity index (χ0n) is 19.2. The van der Waals surface area contributed by atoms with Crippen molar-refractivity contribution in [3.63, 3.8) is 0 Å². The molecule has 0 bridgehead atoms. The topological polar surface area (TPSA) is 118 Å². The molecule has 0 atom stereocenters. The van der Waals surface area contributed by atoms with Crippen molar-refractivity contribution in [1.82, 2.24) is 30.0 Å². The maximum absolute atomic E-state index is 11.6. The first kappa shape index (κ1) is 21.0. The van der Waals surface area contributed by atoms with Crippen molar-refractivity contribution < 1.29 is 4.79 Å². The molecule has 0 spiro atoms. The molecule has 10 heteroatoms. The quantitative estimate of drug-likeness (QED) is 0.309. The van der Waals surface area contributed by atoms with Crippen LogP contribution < -0.4 is 15.5 Å². The third kappa shape index (κ3) is 4.21. The van der Waals surface area contributed by atoms with E-state index in [4.69, 9.17) is 4.98 Å². The Morgan fingerprint density at radius 1 is 0.943 bits per heavy atom. The lowest BCUT2D eigenvalue weighted by Gasteiger charge is -2.35. The lowest BCUT2D eigenvalue weighted by Crippen LogP contribution is -2.48. The van der Waals surface area contributed by atoms with Gasteiger partial charge in [-0.05, 0) is 48.5 Å². The molecule has 1 fully saturated rings. The third-order valence-corrected chi connectivity index (χ3v) is 6.33. The Kier molecular flexibility index (Phi) is 5.17. The number of carbonyl (C=O) groups is 1. The second-order valence-corrected chi connectivity index (χ2v) is 8.60. The number of hydrogen-bond acceptors (Lipinski definition) is 7. The summed E-state index contributed by atoms with van der Waals surface area (Å²) < 4.78 is 0. The van der Waals surface area contributed by atoms with Crippen LogP contribution in [0.1, 0.15) is 6.92 Å². The van der Waals surface area contributed by atoms with Gasteiger partial charge in [-0.1, -0.05) is 0 Å². The molecule has 1 amide bonds. The van der Waals surface area contributed by atoms with Crippen molar-refractivity contribution in [1.29, 1.82) is 0 Å². The number of aromatic amines is 2. The second-order valence-electron chi connectivity index (χ2n) is 8.60. The highest BCUT2D eigenvalue weighted by molar-refractivity contribution is 5.91. The molecule has 5 aromatic rings. The van der Waals surface area contributed by atoms with Gasteiger partial charge >= 0.3 is 0 Å². The average molecular weight is 468 g/mol. The lowest BCUT2D eigenvalue weighted by molar-refractivity contribution is -0.129. The zero-order chi connectivity index (χ0) is 23.8. The van der Waals surface area contributed by atoms with E-state index in [1.165, 1.54) is 0 Å². The minimum absolute atomic E-state index is 0.138. The van der Waals surface area contributed by atoms with E-state index < -0.39 is 0 Å². The highest BCUT2D eigenvalue weighted by Crippen LogP contribution is 2.28. The van der Waals surface area contributed by atoms with Gasteiger partial charge in [0.15, 0.2) is 0 Å². The number of amides is 1. The van der Waals surface area contributed by atoms with E-state index in [9.17, 15) is 4.79 Å². The van der Waals surface area contributed by atoms with Gasteiger partial charge in [0, 0.05) is 61.7 Å². The van der Waals surface area contributed by atoms with Crippen molar-refractivity contribution in [2.24, 2.45) is 0 Å². The number of anilines is 5.